The highest BCUT2D eigenvalue weighted by Crippen LogP contribution is 2.20. The molecule has 1 aromatic heterocycles. The van der Waals surface area contributed by atoms with Gasteiger partial charge in [-0.25, -0.2) is 4.98 Å². The Kier molecular flexibility index (Phi) is 5.45. The number of nitriles is 1. The van der Waals surface area contributed by atoms with Crippen molar-refractivity contribution < 1.29 is 0 Å². The van der Waals surface area contributed by atoms with E-state index >= 15 is 0 Å². The van der Waals surface area contributed by atoms with Crippen LogP contribution in [0.25, 0.3) is 0 Å². The lowest BCUT2D eigenvalue weighted by Crippen LogP contribution is -2.35. The number of benzene rings is 1. The Labute approximate surface area is 144 Å². The third-order valence-electron chi connectivity index (χ3n) is 4.70. The van der Waals surface area contributed by atoms with Gasteiger partial charge in [-0.05, 0) is 56.5 Å². The average molecular weight is 320 g/mol. The second-order valence-electron chi connectivity index (χ2n) is 6.63. The fourth-order valence-corrected chi connectivity index (χ4v) is 3.11. The summed E-state index contributed by atoms with van der Waals surface area (Å²) < 4.78 is 0. The van der Waals surface area contributed by atoms with Crippen molar-refractivity contribution in [1.29, 1.82) is 5.26 Å². The summed E-state index contributed by atoms with van der Waals surface area (Å²) in [5, 5.41) is 12.2. The van der Waals surface area contributed by atoms with Crippen LogP contribution in [-0.2, 0) is 6.54 Å². The van der Waals surface area contributed by atoms with E-state index in [-0.39, 0.29) is 0 Å². The molecular weight excluding hydrogens is 296 g/mol. The van der Waals surface area contributed by atoms with Crippen LogP contribution in [-0.4, -0.2) is 29.5 Å². The molecule has 3 rings (SSSR count). The summed E-state index contributed by atoms with van der Waals surface area (Å²) in [6, 6.07) is 14.6. The van der Waals surface area contributed by atoms with Gasteiger partial charge in [0.05, 0.1) is 5.56 Å². The van der Waals surface area contributed by atoms with Crippen LogP contribution < -0.4 is 5.32 Å². The van der Waals surface area contributed by atoms with Gasteiger partial charge in [0.1, 0.15) is 11.9 Å². The zero-order chi connectivity index (χ0) is 16.8. The minimum Gasteiger partial charge on any atom is -0.370 e. The Bertz CT molecular complexity index is 677. The smallest absolute Gasteiger partial charge is 0.125 e. The van der Waals surface area contributed by atoms with Crippen LogP contribution in [0.3, 0.4) is 0 Å². The minimum absolute atomic E-state index is 0.602. The topological polar surface area (TPSA) is 52.0 Å². The van der Waals surface area contributed by atoms with E-state index in [1.165, 1.54) is 24.0 Å². The van der Waals surface area contributed by atoms with Crippen LogP contribution in [0.5, 0.6) is 0 Å². The van der Waals surface area contributed by atoms with Crippen molar-refractivity contribution in [2.45, 2.75) is 26.3 Å². The Morgan fingerprint density at radius 1 is 1.17 bits per heavy atom. The normalized spacial score (nSPS) is 15.8. The maximum absolute atomic E-state index is 8.79. The van der Waals surface area contributed by atoms with E-state index in [1.54, 1.807) is 12.3 Å². The van der Waals surface area contributed by atoms with E-state index in [9.17, 15) is 0 Å². The summed E-state index contributed by atoms with van der Waals surface area (Å²) in [7, 11) is 0. The molecule has 0 unspecified atom stereocenters. The number of pyridine rings is 1. The summed E-state index contributed by atoms with van der Waals surface area (Å²) >= 11 is 0. The van der Waals surface area contributed by atoms with E-state index < -0.39 is 0 Å². The molecule has 0 aliphatic carbocycles. The van der Waals surface area contributed by atoms with Crippen molar-refractivity contribution in [2.24, 2.45) is 5.92 Å². The molecule has 1 aliphatic rings. The van der Waals surface area contributed by atoms with Crippen molar-refractivity contribution in [3.8, 4) is 6.07 Å². The molecule has 0 saturated carbocycles. The van der Waals surface area contributed by atoms with Gasteiger partial charge in [0, 0.05) is 19.3 Å². The first-order chi connectivity index (χ1) is 11.7. The molecule has 1 fully saturated rings. The summed E-state index contributed by atoms with van der Waals surface area (Å²) in [5.74, 6) is 1.55. The number of hydrogen-bond donors (Lipinski definition) is 1. The molecule has 0 amide bonds. The minimum atomic E-state index is 0.602. The Balaban J connectivity index is 1.41. The predicted octanol–water partition coefficient (Wildman–Crippen LogP) is 3.59. The highest BCUT2D eigenvalue weighted by atomic mass is 15.1. The van der Waals surface area contributed by atoms with Crippen LogP contribution in [0.15, 0.2) is 42.6 Å². The highest BCUT2D eigenvalue weighted by Gasteiger charge is 2.19. The molecule has 1 saturated heterocycles. The van der Waals surface area contributed by atoms with Gasteiger partial charge in [-0.15, -0.1) is 0 Å². The Morgan fingerprint density at radius 3 is 2.54 bits per heavy atom. The first kappa shape index (κ1) is 16.5. The predicted molar refractivity (Wildman–Crippen MR) is 96.6 cm³/mol. The van der Waals surface area contributed by atoms with E-state index in [0.29, 0.717) is 11.5 Å². The van der Waals surface area contributed by atoms with Crippen molar-refractivity contribution in [3.63, 3.8) is 0 Å². The van der Waals surface area contributed by atoms with E-state index in [0.717, 1.165) is 32.0 Å². The first-order valence-corrected chi connectivity index (χ1v) is 8.61. The quantitative estimate of drug-likeness (QED) is 0.915. The average Bonchev–Trinajstić information content (AvgIpc) is 2.63. The van der Waals surface area contributed by atoms with Gasteiger partial charge in [-0.2, -0.15) is 5.26 Å². The van der Waals surface area contributed by atoms with Gasteiger partial charge < -0.3 is 5.32 Å². The number of likely N-dealkylation sites (tertiary alicyclic amines) is 1. The highest BCUT2D eigenvalue weighted by molar-refractivity contribution is 5.38. The van der Waals surface area contributed by atoms with E-state index in [2.05, 4.69) is 52.5 Å². The second kappa shape index (κ2) is 7.94. The van der Waals surface area contributed by atoms with E-state index in [1.807, 2.05) is 6.07 Å². The molecule has 1 aliphatic heterocycles. The summed E-state index contributed by atoms with van der Waals surface area (Å²) in [4.78, 5) is 6.81. The molecule has 1 aromatic carbocycles. The first-order valence-electron chi connectivity index (χ1n) is 8.61. The van der Waals surface area contributed by atoms with Crippen LogP contribution >= 0.6 is 0 Å². The molecule has 1 N–H and O–H groups in total. The third kappa shape index (κ3) is 4.56. The largest absolute Gasteiger partial charge is 0.370 e. The van der Waals surface area contributed by atoms with Crippen molar-refractivity contribution in [2.75, 3.05) is 25.0 Å². The van der Waals surface area contributed by atoms with Crippen LogP contribution in [0, 0.1) is 24.2 Å². The number of rotatable bonds is 5. The summed E-state index contributed by atoms with van der Waals surface area (Å²) in [6.07, 6.45) is 4.05. The molecule has 2 aromatic rings. The number of piperidine rings is 1. The monoisotopic (exact) mass is 320 g/mol. The third-order valence-corrected chi connectivity index (χ3v) is 4.70. The molecule has 24 heavy (non-hydrogen) atoms. The lowest BCUT2D eigenvalue weighted by atomic mass is 9.96. The molecule has 0 atom stereocenters. The number of hydrogen-bond acceptors (Lipinski definition) is 4. The van der Waals surface area contributed by atoms with Gasteiger partial charge in [0.15, 0.2) is 0 Å². The zero-order valence-corrected chi connectivity index (χ0v) is 14.2. The summed E-state index contributed by atoms with van der Waals surface area (Å²) in [6.45, 7) is 6.45. The van der Waals surface area contributed by atoms with Gasteiger partial charge >= 0.3 is 0 Å². The SMILES string of the molecule is Cc1ccc(CN2CCC(CNc3ccc(C#N)cn3)CC2)cc1. The van der Waals surface area contributed by atoms with Crippen molar-refractivity contribution in [3.05, 3.63) is 59.3 Å². The van der Waals surface area contributed by atoms with Crippen LogP contribution in [0.4, 0.5) is 5.82 Å². The van der Waals surface area contributed by atoms with Crippen LogP contribution in [0.2, 0.25) is 0 Å². The molecule has 4 nitrogen and oxygen atoms in total. The molecule has 0 spiro atoms. The Morgan fingerprint density at radius 2 is 1.92 bits per heavy atom. The number of nitrogens with one attached hydrogen (secondary N) is 1. The van der Waals surface area contributed by atoms with E-state index in [4.69, 9.17) is 5.26 Å². The second-order valence-corrected chi connectivity index (χ2v) is 6.63. The number of nitrogens with zero attached hydrogens (tertiary/aromatic N) is 3. The standard InChI is InChI=1S/C20H24N4/c1-16-2-4-18(5-3-16)15-24-10-8-17(9-11-24)13-22-20-7-6-19(12-21)14-23-20/h2-7,14,17H,8-11,13,15H2,1H3,(H,22,23). The lowest BCUT2D eigenvalue weighted by molar-refractivity contribution is 0.182. The molecular formula is C20H24N4. The summed E-state index contributed by atoms with van der Waals surface area (Å²) in [5.41, 5.74) is 3.32. The van der Waals surface area contributed by atoms with Gasteiger partial charge in [0.2, 0.25) is 0 Å². The van der Waals surface area contributed by atoms with Gasteiger partial charge in [-0.3, -0.25) is 4.90 Å². The maximum atomic E-state index is 8.79. The molecule has 2 heterocycles. The number of aryl methyl sites for hydroxylation is 1. The van der Waals surface area contributed by atoms with Crippen molar-refractivity contribution in [1.82, 2.24) is 9.88 Å². The van der Waals surface area contributed by atoms with Crippen molar-refractivity contribution >= 4 is 5.82 Å². The number of anilines is 1. The molecule has 0 bridgehead atoms. The maximum Gasteiger partial charge on any atom is 0.125 e. The van der Waals surface area contributed by atoms with Gasteiger partial charge in [0.25, 0.3) is 0 Å². The zero-order valence-electron chi connectivity index (χ0n) is 14.2. The molecule has 124 valence electrons. The fourth-order valence-electron chi connectivity index (χ4n) is 3.11. The van der Waals surface area contributed by atoms with Crippen LogP contribution in [0.1, 0.15) is 29.5 Å². The molecule has 4 heteroatoms. The molecule has 0 radical (unpaired) electrons. The van der Waals surface area contributed by atoms with Gasteiger partial charge in [-0.1, -0.05) is 29.8 Å². The lowest BCUT2D eigenvalue weighted by Gasteiger charge is -2.32. The number of aromatic nitrogens is 1. The Hall–Kier alpha value is -2.38. The fraction of sp³-hybridized carbons (Fsp3) is 0.400.